The first kappa shape index (κ1) is 14.7. The number of benzene rings is 1. The van der Waals surface area contributed by atoms with Crippen LogP contribution in [0.4, 0.5) is 0 Å². The van der Waals surface area contributed by atoms with Gasteiger partial charge in [0, 0.05) is 23.2 Å². The fourth-order valence-electron chi connectivity index (χ4n) is 1.66. The number of halogens is 1. The molecule has 108 valence electrons. The van der Waals surface area contributed by atoms with Crippen molar-refractivity contribution in [3.8, 4) is 5.75 Å². The van der Waals surface area contributed by atoms with Crippen molar-refractivity contribution in [2.45, 2.75) is 33.0 Å². The van der Waals surface area contributed by atoms with Crippen LogP contribution < -0.4 is 10.1 Å². The molecule has 1 aromatic carbocycles. The maximum Gasteiger partial charge on any atom is 0.212 e. The molecule has 6 nitrogen and oxygen atoms in total. The summed E-state index contributed by atoms with van der Waals surface area (Å²) in [4.78, 5) is 1.40. The molecule has 0 fully saturated rings. The third kappa shape index (κ3) is 4.18. The van der Waals surface area contributed by atoms with Gasteiger partial charge in [-0.15, -0.1) is 10.2 Å². The van der Waals surface area contributed by atoms with E-state index in [2.05, 4.69) is 34.6 Å². The Labute approximate surface area is 123 Å². The van der Waals surface area contributed by atoms with E-state index in [-0.39, 0.29) is 6.61 Å². The molecule has 0 radical (unpaired) electrons. The van der Waals surface area contributed by atoms with E-state index in [1.807, 2.05) is 12.1 Å². The number of nitrogens with zero attached hydrogens (tertiary/aromatic N) is 4. The van der Waals surface area contributed by atoms with E-state index in [0.29, 0.717) is 23.4 Å². The van der Waals surface area contributed by atoms with Crippen LogP contribution in [0.25, 0.3) is 0 Å². The highest BCUT2D eigenvalue weighted by molar-refractivity contribution is 6.30. The molecule has 1 N–H and O–H groups in total. The summed E-state index contributed by atoms with van der Waals surface area (Å²) in [7, 11) is 1.72. The average molecular weight is 296 g/mol. The number of hydrogen-bond acceptors (Lipinski definition) is 5. The summed E-state index contributed by atoms with van der Waals surface area (Å²) in [6.45, 7) is 5.16. The fraction of sp³-hybridized carbons (Fsp3) is 0.462. The Morgan fingerprint density at radius 1 is 1.40 bits per heavy atom. The maximum absolute atomic E-state index is 6.03. The topological polar surface area (TPSA) is 64.9 Å². The zero-order chi connectivity index (χ0) is 14.5. The maximum atomic E-state index is 6.03. The van der Waals surface area contributed by atoms with Crippen LogP contribution in [0.2, 0.25) is 5.02 Å². The quantitative estimate of drug-likeness (QED) is 0.882. The molecule has 0 aliphatic carbocycles. The van der Waals surface area contributed by atoms with Crippen molar-refractivity contribution in [3.05, 3.63) is 34.6 Å². The largest absolute Gasteiger partial charge is 0.485 e. The van der Waals surface area contributed by atoms with E-state index in [4.69, 9.17) is 16.3 Å². The van der Waals surface area contributed by atoms with Crippen molar-refractivity contribution in [2.24, 2.45) is 7.05 Å². The molecule has 7 heteroatoms. The van der Waals surface area contributed by atoms with E-state index in [9.17, 15) is 0 Å². The van der Waals surface area contributed by atoms with Crippen LogP contribution in [0.1, 0.15) is 25.2 Å². The molecule has 2 aromatic rings. The second-order valence-electron chi connectivity index (χ2n) is 4.77. The van der Waals surface area contributed by atoms with Crippen LogP contribution in [0.15, 0.2) is 18.2 Å². The molecular weight excluding hydrogens is 278 g/mol. The third-order valence-corrected chi connectivity index (χ3v) is 2.86. The lowest BCUT2D eigenvalue weighted by Gasteiger charge is -2.13. The third-order valence-electron chi connectivity index (χ3n) is 2.63. The van der Waals surface area contributed by atoms with Crippen LogP contribution in [0.5, 0.6) is 5.75 Å². The van der Waals surface area contributed by atoms with Gasteiger partial charge < -0.3 is 10.1 Å². The minimum absolute atomic E-state index is 0.282. The monoisotopic (exact) mass is 295 g/mol. The number of aromatic nitrogens is 4. The minimum atomic E-state index is 0.282. The van der Waals surface area contributed by atoms with Crippen molar-refractivity contribution in [1.29, 1.82) is 0 Å². The Balaban J connectivity index is 2.05. The average Bonchev–Trinajstić information content (AvgIpc) is 2.81. The van der Waals surface area contributed by atoms with Crippen LogP contribution >= 0.6 is 11.6 Å². The van der Waals surface area contributed by atoms with Gasteiger partial charge in [0.1, 0.15) is 5.75 Å². The van der Waals surface area contributed by atoms with Crippen molar-refractivity contribution >= 4 is 11.6 Å². The predicted octanol–water partition coefficient (Wildman–Crippen LogP) is 1.94. The molecule has 1 heterocycles. The van der Waals surface area contributed by atoms with Crippen LogP contribution in [-0.4, -0.2) is 26.2 Å². The molecule has 0 unspecified atom stereocenters. The second kappa shape index (κ2) is 6.67. The minimum Gasteiger partial charge on any atom is -0.485 e. The van der Waals surface area contributed by atoms with Gasteiger partial charge in [0.2, 0.25) is 5.82 Å². The van der Waals surface area contributed by atoms with Gasteiger partial charge >= 0.3 is 0 Å². The molecule has 20 heavy (non-hydrogen) atoms. The first-order valence-electron chi connectivity index (χ1n) is 6.42. The molecule has 0 aliphatic rings. The normalized spacial score (nSPS) is 11.1. The van der Waals surface area contributed by atoms with Crippen molar-refractivity contribution < 1.29 is 4.74 Å². The van der Waals surface area contributed by atoms with Crippen LogP contribution in [-0.2, 0) is 20.2 Å². The van der Waals surface area contributed by atoms with E-state index >= 15 is 0 Å². The molecule has 0 bridgehead atoms. The zero-order valence-electron chi connectivity index (χ0n) is 11.8. The first-order valence-corrected chi connectivity index (χ1v) is 6.80. The van der Waals surface area contributed by atoms with E-state index in [1.54, 1.807) is 13.1 Å². The van der Waals surface area contributed by atoms with E-state index < -0.39 is 0 Å². The fourth-order valence-corrected chi connectivity index (χ4v) is 1.86. The zero-order valence-corrected chi connectivity index (χ0v) is 12.6. The van der Waals surface area contributed by atoms with Crippen LogP contribution in [0.3, 0.4) is 0 Å². The number of hydrogen-bond donors (Lipinski definition) is 1. The standard InChI is InChI=1S/C13H18ClN5O/c1-9(2)15-7-10-6-11(14)4-5-12(10)20-8-13-16-18-19(3)17-13/h4-6,9,15H,7-8H2,1-3H3. The van der Waals surface area contributed by atoms with Crippen molar-refractivity contribution in [1.82, 2.24) is 25.5 Å². The molecule has 0 atom stereocenters. The van der Waals surface area contributed by atoms with Crippen molar-refractivity contribution in [2.75, 3.05) is 0 Å². The number of tetrazole rings is 1. The lowest BCUT2D eigenvalue weighted by molar-refractivity contribution is 0.291. The van der Waals surface area contributed by atoms with Gasteiger partial charge in [-0.25, -0.2) is 0 Å². The van der Waals surface area contributed by atoms with Crippen molar-refractivity contribution in [3.63, 3.8) is 0 Å². The van der Waals surface area contributed by atoms with Gasteiger partial charge in [0.05, 0.1) is 7.05 Å². The Morgan fingerprint density at radius 2 is 2.20 bits per heavy atom. The lowest BCUT2D eigenvalue weighted by Crippen LogP contribution is -2.22. The molecule has 0 saturated carbocycles. The molecule has 1 aromatic heterocycles. The summed E-state index contributed by atoms with van der Waals surface area (Å²) < 4.78 is 5.75. The summed E-state index contributed by atoms with van der Waals surface area (Å²) in [5.41, 5.74) is 1.01. The van der Waals surface area contributed by atoms with Gasteiger partial charge in [-0.05, 0) is 23.4 Å². The van der Waals surface area contributed by atoms with E-state index in [1.165, 1.54) is 4.80 Å². The number of ether oxygens (including phenoxy) is 1. The smallest absolute Gasteiger partial charge is 0.212 e. The second-order valence-corrected chi connectivity index (χ2v) is 5.21. The lowest BCUT2D eigenvalue weighted by atomic mass is 10.2. The Kier molecular flexibility index (Phi) is 4.92. The summed E-state index contributed by atoms with van der Waals surface area (Å²) >= 11 is 6.03. The molecule has 2 rings (SSSR count). The van der Waals surface area contributed by atoms with Gasteiger partial charge in [0.15, 0.2) is 6.61 Å². The Hall–Kier alpha value is -1.66. The van der Waals surface area contributed by atoms with Gasteiger partial charge in [-0.2, -0.15) is 4.80 Å². The number of rotatable bonds is 6. The highest BCUT2D eigenvalue weighted by atomic mass is 35.5. The Bertz CT molecular complexity index is 570. The molecule has 0 spiro atoms. The highest BCUT2D eigenvalue weighted by Gasteiger charge is 2.08. The Morgan fingerprint density at radius 3 is 2.85 bits per heavy atom. The molecular formula is C13H18ClN5O. The summed E-state index contributed by atoms with van der Waals surface area (Å²) in [6, 6.07) is 5.95. The SMILES string of the molecule is CC(C)NCc1cc(Cl)ccc1OCc1nnn(C)n1. The summed E-state index contributed by atoms with van der Waals surface area (Å²) in [6.07, 6.45) is 0. The first-order chi connectivity index (χ1) is 9.54. The van der Waals surface area contributed by atoms with Crippen LogP contribution in [0, 0.1) is 0 Å². The van der Waals surface area contributed by atoms with Gasteiger partial charge in [-0.3, -0.25) is 0 Å². The summed E-state index contributed by atoms with van der Waals surface area (Å²) in [5, 5.41) is 15.8. The van der Waals surface area contributed by atoms with E-state index in [0.717, 1.165) is 11.3 Å². The number of nitrogens with one attached hydrogen (secondary N) is 1. The van der Waals surface area contributed by atoms with Gasteiger partial charge in [0.25, 0.3) is 0 Å². The molecule has 0 saturated heterocycles. The predicted molar refractivity (Wildman–Crippen MR) is 76.6 cm³/mol. The molecule has 0 aliphatic heterocycles. The molecule has 0 amide bonds. The highest BCUT2D eigenvalue weighted by Crippen LogP contribution is 2.23. The summed E-state index contributed by atoms with van der Waals surface area (Å²) in [5.74, 6) is 1.32. The number of aryl methyl sites for hydroxylation is 1. The van der Waals surface area contributed by atoms with Gasteiger partial charge in [-0.1, -0.05) is 25.4 Å².